The molecule has 1 unspecified atom stereocenters. The van der Waals surface area contributed by atoms with Gasteiger partial charge in [-0.3, -0.25) is 4.79 Å². The first-order valence-electron chi connectivity index (χ1n) is 6.15. The van der Waals surface area contributed by atoms with Crippen LogP contribution in [0.2, 0.25) is 0 Å². The van der Waals surface area contributed by atoms with E-state index >= 15 is 0 Å². The van der Waals surface area contributed by atoms with Gasteiger partial charge in [0.25, 0.3) is 0 Å². The Kier molecular flexibility index (Phi) is 4.39. The number of carbonyl (C=O) groups is 1. The molecule has 20 heavy (non-hydrogen) atoms. The van der Waals surface area contributed by atoms with E-state index in [9.17, 15) is 17.6 Å². The number of hydrogen-bond acceptors (Lipinski definition) is 5. The molecule has 0 amide bonds. The summed E-state index contributed by atoms with van der Waals surface area (Å²) in [6.45, 7) is 1.76. The molecule has 1 aliphatic rings. The Morgan fingerprint density at radius 2 is 2.15 bits per heavy atom. The van der Waals surface area contributed by atoms with E-state index in [1.54, 1.807) is 0 Å². The summed E-state index contributed by atoms with van der Waals surface area (Å²) in [5, 5.41) is -0.795. The van der Waals surface area contributed by atoms with Crippen LogP contribution >= 0.6 is 11.8 Å². The second kappa shape index (κ2) is 5.73. The fourth-order valence-corrected chi connectivity index (χ4v) is 5.11. The molecule has 1 fully saturated rings. The molecule has 1 aliphatic heterocycles. The van der Waals surface area contributed by atoms with Gasteiger partial charge in [0.1, 0.15) is 11.2 Å². The standard InChI is InChI=1S/C13H16FNO3S2/c1-9(16)10-4-3-5-11(14)13(10)15-6-7-19-8-12(15)20(2,17)18/h3-5,12H,6-8H2,1-2H3. The Balaban J connectivity index is 2.56. The van der Waals surface area contributed by atoms with Crippen LogP contribution in [0, 0.1) is 5.82 Å². The highest BCUT2D eigenvalue weighted by Crippen LogP contribution is 2.32. The van der Waals surface area contributed by atoms with Gasteiger partial charge < -0.3 is 4.90 Å². The summed E-state index contributed by atoms with van der Waals surface area (Å²) in [4.78, 5) is 13.2. The van der Waals surface area contributed by atoms with E-state index in [1.807, 2.05) is 0 Å². The molecular weight excluding hydrogens is 301 g/mol. The van der Waals surface area contributed by atoms with Gasteiger partial charge in [-0.25, -0.2) is 12.8 Å². The molecule has 0 aromatic heterocycles. The van der Waals surface area contributed by atoms with Crippen LogP contribution in [-0.4, -0.2) is 43.9 Å². The number of para-hydroxylation sites is 1. The van der Waals surface area contributed by atoms with Gasteiger partial charge >= 0.3 is 0 Å². The molecular formula is C13H16FNO3S2. The van der Waals surface area contributed by atoms with Gasteiger partial charge in [0.05, 0.1) is 5.69 Å². The zero-order valence-electron chi connectivity index (χ0n) is 11.3. The van der Waals surface area contributed by atoms with E-state index in [0.717, 1.165) is 6.26 Å². The zero-order valence-corrected chi connectivity index (χ0v) is 12.9. The fraction of sp³-hybridized carbons (Fsp3) is 0.462. The smallest absolute Gasteiger partial charge is 0.169 e. The molecule has 1 heterocycles. The molecule has 1 atom stereocenters. The molecule has 0 radical (unpaired) electrons. The van der Waals surface area contributed by atoms with Gasteiger partial charge in [-0.1, -0.05) is 6.07 Å². The SMILES string of the molecule is CC(=O)c1cccc(F)c1N1CCSCC1S(C)(=O)=O. The predicted molar refractivity (Wildman–Crippen MR) is 79.7 cm³/mol. The van der Waals surface area contributed by atoms with E-state index in [4.69, 9.17) is 0 Å². The molecule has 7 heteroatoms. The summed E-state index contributed by atoms with van der Waals surface area (Å²) in [5.74, 6) is 0.255. The van der Waals surface area contributed by atoms with Crippen molar-refractivity contribution in [2.45, 2.75) is 12.3 Å². The third-order valence-electron chi connectivity index (χ3n) is 3.23. The maximum absolute atomic E-state index is 14.2. The van der Waals surface area contributed by atoms with Crippen molar-refractivity contribution in [1.29, 1.82) is 0 Å². The lowest BCUT2D eigenvalue weighted by Crippen LogP contribution is -2.48. The number of ketones is 1. The van der Waals surface area contributed by atoms with Crippen molar-refractivity contribution in [2.75, 3.05) is 29.2 Å². The first-order chi connectivity index (χ1) is 9.32. The van der Waals surface area contributed by atoms with Crippen molar-refractivity contribution in [2.24, 2.45) is 0 Å². The third-order valence-corrected chi connectivity index (χ3v) is 5.88. The molecule has 0 saturated carbocycles. The van der Waals surface area contributed by atoms with Crippen molar-refractivity contribution in [3.63, 3.8) is 0 Å². The molecule has 1 saturated heterocycles. The number of thioether (sulfide) groups is 1. The van der Waals surface area contributed by atoms with Gasteiger partial charge in [0.15, 0.2) is 15.6 Å². The molecule has 110 valence electrons. The largest absolute Gasteiger partial charge is 0.350 e. The highest BCUT2D eigenvalue weighted by Gasteiger charge is 2.34. The van der Waals surface area contributed by atoms with Crippen LogP contribution in [0.15, 0.2) is 18.2 Å². The molecule has 0 N–H and O–H groups in total. The third kappa shape index (κ3) is 2.98. The molecule has 0 bridgehead atoms. The molecule has 0 aliphatic carbocycles. The minimum atomic E-state index is -3.36. The first kappa shape index (κ1) is 15.3. The van der Waals surface area contributed by atoms with Crippen LogP contribution in [0.3, 0.4) is 0 Å². The lowest BCUT2D eigenvalue weighted by atomic mass is 10.1. The average molecular weight is 317 g/mol. The lowest BCUT2D eigenvalue weighted by Gasteiger charge is -2.36. The quantitative estimate of drug-likeness (QED) is 0.798. The molecule has 0 spiro atoms. The number of carbonyl (C=O) groups excluding carboxylic acids is 1. The predicted octanol–water partition coefficient (Wildman–Crippen LogP) is 1.95. The van der Waals surface area contributed by atoms with E-state index in [0.29, 0.717) is 18.1 Å². The number of halogens is 1. The van der Waals surface area contributed by atoms with Crippen LogP contribution in [0.4, 0.5) is 10.1 Å². The Morgan fingerprint density at radius 3 is 2.75 bits per heavy atom. The van der Waals surface area contributed by atoms with E-state index in [2.05, 4.69) is 0 Å². The monoisotopic (exact) mass is 317 g/mol. The summed E-state index contributed by atoms with van der Waals surface area (Å²) in [5.41, 5.74) is 0.335. The van der Waals surface area contributed by atoms with Crippen LogP contribution < -0.4 is 4.90 Å². The second-order valence-electron chi connectivity index (χ2n) is 4.74. The van der Waals surface area contributed by atoms with Gasteiger partial charge in [-0.05, 0) is 19.1 Å². The fourth-order valence-electron chi connectivity index (χ4n) is 2.28. The number of sulfone groups is 1. The van der Waals surface area contributed by atoms with Crippen molar-refractivity contribution in [1.82, 2.24) is 0 Å². The Morgan fingerprint density at radius 1 is 1.45 bits per heavy atom. The summed E-state index contributed by atoms with van der Waals surface area (Å²) in [7, 11) is -3.36. The molecule has 1 aromatic rings. The van der Waals surface area contributed by atoms with E-state index in [1.165, 1.54) is 41.8 Å². The van der Waals surface area contributed by atoms with Gasteiger partial charge in [0, 0.05) is 29.9 Å². The summed E-state index contributed by atoms with van der Waals surface area (Å²) in [6, 6.07) is 4.24. The van der Waals surface area contributed by atoms with E-state index < -0.39 is 21.0 Å². The number of hydrogen-bond donors (Lipinski definition) is 0. The summed E-state index contributed by atoms with van der Waals surface area (Å²) < 4.78 is 38.0. The van der Waals surface area contributed by atoms with Crippen molar-refractivity contribution in [3.8, 4) is 0 Å². The van der Waals surface area contributed by atoms with Crippen molar-refractivity contribution in [3.05, 3.63) is 29.6 Å². The number of nitrogens with zero attached hydrogens (tertiary/aromatic N) is 1. The van der Waals surface area contributed by atoms with Crippen LogP contribution in [0.1, 0.15) is 17.3 Å². The van der Waals surface area contributed by atoms with Gasteiger partial charge in [-0.2, -0.15) is 11.8 Å². The molecule has 1 aromatic carbocycles. The summed E-state index contributed by atoms with van der Waals surface area (Å²) >= 11 is 1.52. The van der Waals surface area contributed by atoms with Gasteiger partial charge in [0.2, 0.25) is 0 Å². The maximum atomic E-state index is 14.2. The van der Waals surface area contributed by atoms with Crippen molar-refractivity contribution < 1.29 is 17.6 Å². The normalized spacial score (nSPS) is 19.9. The maximum Gasteiger partial charge on any atom is 0.169 e. The lowest BCUT2D eigenvalue weighted by molar-refractivity contribution is 0.101. The Bertz CT molecular complexity index is 631. The minimum Gasteiger partial charge on any atom is -0.350 e. The van der Waals surface area contributed by atoms with Gasteiger partial charge in [-0.15, -0.1) is 0 Å². The first-order valence-corrected chi connectivity index (χ1v) is 9.26. The Labute approximate surface area is 122 Å². The van der Waals surface area contributed by atoms with Crippen LogP contribution in [0.25, 0.3) is 0 Å². The highest BCUT2D eigenvalue weighted by atomic mass is 32.2. The molecule has 2 rings (SSSR count). The topological polar surface area (TPSA) is 54.5 Å². The van der Waals surface area contributed by atoms with Crippen LogP contribution in [-0.2, 0) is 9.84 Å². The van der Waals surface area contributed by atoms with Crippen LogP contribution in [0.5, 0.6) is 0 Å². The number of Topliss-reactive ketones (excluding diaryl/α,β-unsaturated/α-hetero) is 1. The Hall–Kier alpha value is -1.08. The van der Waals surface area contributed by atoms with E-state index in [-0.39, 0.29) is 17.0 Å². The average Bonchev–Trinajstić information content (AvgIpc) is 2.37. The zero-order chi connectivity index (χ0) is 14.9. The minimum absolute atomic E-state index is 0.107. The number of benzene rings is 1. The number of anilines is 1. The number of rotatable bonds is 3. The molecule has 4 nitrogen and oxygen atoms in total. The second-order valence-corrected chi connectivity index (χ2v) is 8.10. The summed E-state index contributed by atoms with van der Waals surface area (Å²) in [6.07, 6.45) is 1.14. The van der Waals surface area contributed by atoms with Crippen molar-refractivity contribution >= 4 is 33.1 Å². The highest BCUT2D eigenvalue weighted by molar-refractivity contribution is 8.01.